The molecule has 5 heteroatoms. The number of benzene rings is 2. The summed E-state index contributed by atoms with van der Waals surface area (Å²) in [7, 11) is 4.44. The van der Waals surface area contributed by atoms with Crippen molar-refractivity contribution in [2.75, 3.05) is 21.3 Å². The van der Waals surface area contributed by atoms with Crippen LogP contribution in [0.25, 0.3) is 11.6 Å². The molecule has 2 rings (SSSR count). The van der Waals surface area contributed by atoms with E-state index >= 15 is 0 Å². The molecule has 0 fully saturated rings. The molecule has 0 aliphatic rings. The SMILES string of the molecule is COC(=O)C(=Cc1cc(OC)cc(OC)c1)c1ccc(O)cc1. The van der Waals surface area contributed by atoms with E-state index in [4.69, 9.17) is 14.2 Å². The maximum absolute atomic E-state index is 12.1. The molecule has 2 aromatic carbocycles. The summed E-state index contributed by atoms with van der Waals surface area (Å²) in [4.78, 5) is 12.1. The Morgan fingerprint density at radius 2 is 1.52 bits per heavy atom. The number of methoxy groups -OCH3 is 3. The van der Waals surface area contributed by atoms with Crippen LogP contribution in [0.1, 0.15) is 11.1 Å². The Balaban J connectivity index is 2.53. The molecule has 2 aromatic rings. The predicted molar refractivity (Wildman–Crippen MR) is 87.5 cm³/mol. The van der Waals surface area contributed by atoms with E-state index < -0.39 is 5.97 Å². The molecule has 1 N–H and O–H groups in total. The van der Waals surface area contributed by atoms with Crippen molar-refractivity contribution in [3.05, 3.63) is 53.6 Å². The maximum atomic E-state index is 12.1. The second kappa shape index (κ2) is 7.35. The number of phenols is 1. The van der Waals surface area contributed by atoms with E-state index in [1.54, 1.807) is 50.6 Å². The second-order valence-electron chi connectivity index (χ2n) is 4.74. The van der Waals surface area contributed by atoms with Crippen LogP contribution in [0.4, 0.5) is 0 Å². The fourth-order valence-corrected chi connectivity index (χ4v) is 2.09. The Hall–Kier alpha value is -2.95. The molecule has 0 heterocycles. The first-order valence-electron chi connectivity index (χ1n) is 6.90. The van der Waals surface area contributed by atoms with E-state index in [-0.39, 0.29) is 5.75 Å². The lowest BCUT2D eigenvalue weighted by molar-refractivity contribution is -0.133. The molecule has 0 aliphatic carbocycles. The molecule has 23 heavy (non-hydrogen) atoms. The van der Waals surface area contributed by atoms with E-state index in [1.807, 2.05) is 0 Å². The number of ether oxygens (including phenoxy) is 3. The quantitative estimate of drug-likeness (QED) is 0.522. The number of aromatic hydroxyl groups is 1. The van der Waals surface area contributed by atoms with Gasteiger partial charge in [0.25, 0.3) is 0 Å². The minimum Gasteiger partial charge on any atom is -0.508 e. The van der Waals surface area contributed by atoms with Crippen LogP contribution in [-0.4, -0.2) is 32.4 Å². The highest BCUT2D eigenvalue weighted by molar-refractivity contribution is 6.21. The van der Waals surface area contributed by atoms with E-state index in [0.29, 0.717) is 22.6 Å². The molecule has 0 atom stereocenters. The summed E-state index contributed by atoms with van der Waals surface area (Å²) in [5.74, 6) is 0.884. The summed E-state index contributed by atoms with van der Waals surface area (Å²) in [6, 6.07) is 11.6. The molecule has 5 nitrogen and oxygen atoms in total. The molecular weight excluding hydrogens is 296 g/mol. The standard InChI is InChI=1S/C18H18O5/c1-21-15-8-12(9-16(11-15)22-2)10-17(18(20)23-3)13-4-6-14(19)7-5-13/h4-11,19H,1-3H3. The highest BCUT2D eigenvalue weighted by Crippen LogP contribution is 2.27. The maximum Gasteiger partial charge on any atom is 0.338 e. The molecule has 120 valence electrons. The predicted octanol–water partition coefficient (Wildman–Crippen LogP) is 3.12. The molecule has 0 bridgehead atoms. The topological polar surface area (TPSA) is 65.0 Å². The number of carbonyl (C=O) groups is 1. The highest BCUT2D eigenvalue weighted by atomic mass is 16.5. The van der Waals surface area contributed by atoms with Crippen LogP contribution >= 0.6 is 0 Å². The minimum atomic E-state index is -0.475. The lowest BCUT2D eigenvalue weighted by Crippen LogP contribution is -2.03. The number of rotatable bonds is 5. The fraction of sp³-hybridized carbons (Fsp3) is 0.167. The van der Waals surface area contributed by atoms with Gasteiger partial charge in [-0.3, -0.25) is 0 Å². The monoisotopic (exact) mass is 314 g/mol. The van der Waals surface area contributed by atoms with E-state index in [2.05, 4.69) is 0 Å². The zero-order valence-electron chi connectivity index (χ0n) is 13.2. The van der Waals surface area contributed by atoms with Crippen molar-refractivity contribution < 1.29 is 24.1 Å². The van der Waals surface area contributed by atoms with E-state index in [9.17, 15) is 9.90 Å². The Morgan fingerprint density at radius 3 is 2.00 bits per heavy atom. The van der Waals surface area contributed by atoms with Crippen LogP contribution in [-0.2, 0) is 9.53 Å². The Bertz CT molecular complexity index is 694. The van der Waals surface area contributed by atoms with E-state index in [1.165, 1.54) is 19.2 Å². The van der Waals surface area contributed by atoms with Crippen LogP contribution < -0.4 is 9.47 Å². The normalized spacial score (nSPS) is 11.0. The van der Waals surface area contributed by atoms with Gasteiger partial charge < -0.3 is 19.3 Å². The minimum absolute atomic E-state index is 0.126. The number of carbonyl (C=O) groups excluding carboxylic acids is 1. The smallest absolute Gasteiger partial charge is 0.338 e. The average Bonchev–Trinajstić information content (AvgIpc) is 2.59. The molecule has 0 saturated carbocycles. The van der Waals surface area contributed by atoms with Gasteiger partial charge in [0.2, 0.25) is 0 Å². The Morgan fingerprint density at radius 1 is 0.957 bits per heavy atom. The largest absolute Gasteiger partial charge is 0.508 e. The van der Waals surface area contributed by atoms with Crippen LogP contribution in [0.15, 0.2) is 42.5 Å². The van der Waals surface area contributed by atoms with Gasteiger partial charge in [0.05, 0.1) is 26.9 Å². The molecule has 0 aliphatic heterocycles. The van der Waals surface area contributed by atoms with Crippen molar-refractivity contribution in [2.45, 2.75) is 0 Å². The van der Waals surface area contributed by atoms with Crippen molar-refractivity contribution in [1.82, 2.24) is 0 Å². The number of hydrogen-bond donors (Lipinski definition) is 1. The molecule has 0 unspecified atom stereocenters. The molecule has 0 radical (unpaired) electrons. The Kier molecular flexibility index (Phi) is 5.25. The fourth-order valence-electron chi connectivity index (χ4n) is 2.09. The Labute approximate surface area is 134 Å². The second-order valence-corrected chi connectivity index (χ2v) is 4.74. The first kappa shape index (κ1) is 16.4. The summed E-state index contributed by atoms with van der Waals surface area (Å²) < 4.78 is 15.3. The first-order chi connectivity index (χ1) is 11.1. The third kappa shape index (κ3) is 4.03. The van der Waals surface area contributed by atoms with Crippen molar-refractivity contribution in [2.24, 2.45) is 0 Å². The van der Waals surface area contributed by atoms with Gasteiger partial charge in [0.1, 0.15) is 17.2 Å². The molecule has 0 aromatic heterocycles. The summed E-state index contributed by atoms with van der Waals surface area (Å²) >= 11 is 0. The number of phenolic OH excluding ortho intramolecular Hbond substituents is 1. The van der Waals surface area contributed by atoms with Crippen molar-refractivity contribution in [3.63, 3.8) is 0 Å². The lowest BCUT2D eigenvalue weighted by atomic mass is 10.0. The van der Waals surface area contributed by atoms with Gasteiger partial charge in [-0.15, -0.1) is 0 Å². The summed E-state index contributed by atoms with van der Waals surface area (Å²) in [6.45, 7) is 0. The molecule has 0 amide bonds. The highest BCUT2D eigenvalue weighted by Gasteiger charge is 2.13. The van der Waals surface area contributed by atoms with Crippen LogP contribution in [0.3, 0.4) is 0 Å². The summed E-state index contributed by atoms with van der Waals surface area (Å²) in [5.41, 5.74) is 1.73. The van der Waals surface area contributed by atoms with E-state index in [0.717, 1.165) is 5.56 Å². The van der Waals surface area contributed by atoms with Gasteiger partial charge in [-0.05, 0) is 41.5 Å². The molecule has 0 saturated heterocycles. The lowest BCUT2D eigenvalue weighted by Gasteiger charge is -2.09. The average molecular weight is 314 g/mol. The van der Waals surface area contributed by atoms with Gasteiger partial charge in [0, 0.05) is 6.07 Å². The molecular formula is C18H18O5. The van der Waals surface area contributed by atoms with Crippen LogP contribution in [0, 0.1) is 0 Å². The first-order valence-corrected chi connectivity index (χ1v) is 6.90. The van der Waals surface area contributed by atoms with Gasteiger partial charge in [-0.25, -0.2) is 4.79 Å². The van der Waals surface area contributed by atoms with Crippen molar-refractivity contribution in [3.8, 4) is 17.2 Å². The van der Waals surface area contributed by atoms with Gasteiger partial charge in [0.15, 0.2) is 0 Å². The van der Waals surface area contributed by atoms with Crippen LogP contribution in [0.2, 0.25) is 0 Å². The third-order valence-corrected chi connectivity index (χ3v) is 3.27. The third-order valence-electron chi connectivity index (χ3n) is 3.27. The summed E-state index contributed by atoms with van der Waals surface area (Å²) in [5, 5.41) is 9.39. The van der Waals surface area contributed by atoms with Gasteiger partial charge in [-0.1, -0.05) is 12.1 Å². The molecule has 0 spiro atoms. The number of esters is 1. The van der Waals surface area contributed by atoms with Crippen molar-refractivity contribution >= 4 is 17.6 Å². The van der Waals surface area contributed by atoms with Crippen molar-refractivity contribution in [1.29, 1.82) is 0 Å². The van der Waals surface area contributed by atoms with Gasteiger partial charge >= 0.3 is 5.97 Å². The zero-order valence-corrected chi connectivity index (χ0v) is 13.2. The summed E-state index contributed by atoms with van der Waals surface area (Å²) in [6.07, 6.45) is 1.68. The zero-order chi connectivity index (χ0) is 16.8. The van der Waals surface area contributed by atoms with Crippen LogP contribution in [0.5, 0.6) is 17.2 Å². The number of hydrogen-bond acceptors (Lipinski definition) is 5. The van der Waals surface area contributed by atoms with Gasteiger partial charge in [-0.2, -0.15) is 0 Å².